The minimum Gasteiger partial charge on any atom is -0.488 e. The molecule has 1 heterocycles. The van der Waals surface area contributed by atoms with Crippen molar-refractivity contribution < 1.29 is 13.9 Å². The second kappa shape index (κ2) is 6.87. The predicted molar refractivity (Wildman–Crippen MR) is 78.1 cm³/mol. The third-order valence-electron chi connectivity index (χ3n) is 3.42. The van der Waals surface area contributed by atoms with Gasteiger partial charge in [-0.15, -0.1) is 0 Å². The van der Waals surface area contributed by atoms with Crippen LogP contribution in [0.4, 0.5) is 4.39 Å². The SMILES string of the molecule is CC(C)Oc1ccc(CNC(=O)C2CNNC2C)cc1F. The summed E-state index contributed by atoms with van der Waals surface area (Å²) in [6.07, 6.45) is -0.0751. The number of hydrogen-bond donors (Lipinski definition) is 3. The van der Waals surface area contributed by atoms with Gasteiger partial charge in [0.25, 0.3) is 0 Å². The average Bonchev–Trinajstić information content (AvgIpc) is 2.85. The number of ether oxygens (including phenoxy) is 1. The lowest BCUT2D eigenvalue weighted by molar-refractivity contribution is -0.124. The summed E-state index contributed by atoms with van der Waals surface area (Å²) in [7, 11) is 0. The fourth-order valence-corrected chi connectivity index (χ4v) is 2.25. The first-order valence-electron chi connectivity index (χ1n) is 7.18. The number of carbonyl (C=O) groups is 1. The van der Waals surface area contributed by atoms with Gasteiger partial charge in [-0.3, -0.25) is 15.6 Å². The van der Waals surface area contributed by atoms with Gasteiger partial charge in [0.2, 0.25) is 5.91 Å². The minimum atomic E-state index is -0.409. The topological polar surface area (TPSA) is 62.4 Å². The zero-order valence-corrected chi connectivity index (χ0v) is 12.6. The second-order valence-corrected chi connectivity index (χ2v) is 5.57. The number of rotatable bonds is 5. The van der Waals surface area contributed by atoms with E-state index >= 15 is 0 Å². The van der Waals surface area contributed by atoms with Crippen molar-refractivity contribution in [3.8, 4) is 5.75 Å². The minimum absolute atomic E-state index is 0.0390. The summed E-state index contributed by atoms with van der Waals surface area (Å²) in [5.74, 6) is -0.327. The van der Waals surface area contributed by atoms with Crippen molar-refractivity contribution in [3.63, 3.8) is 0 Å². The lowest BCUT2D eigenvalue weighted by Crippen LogP contribution is -2.37. The molecule has 1 aliphatic heterocycles. The lowest BCUT2D eigenvalue weighted by atomic mass is 10.0. The van der Waals surface area contributed by atoms with Crippen LogP contribution in [0.2, 0.25) is 0 Å². The van der Waals surface area contributed by atoms with Crippen molar-refractivity contribution in [2.24, 2.45) is 5.92 Å². The smallest absolute Gasteiger partial charge is 0.226 e. The van der Waals surface area contributed by atoms with Gasteiger partial charge in [-0.1, -0.05) is 6.07 Å². The van der Waals surface area contributed by atoms with Gasteiger partial charge in [0.1, 0.15) is 0 Å². The molecule has 0 bridgehead atoms. The summed E-state index contributed by atoms with van der Waals surface area (Å²) in [6.45, 7) is 6.54. The summed E-state index contributed by atoms with van der Waals surface area (Å²) < 4.78 is 19.2. The van der Waals surface area contributed by atoms with Crippen LogP contribution in [0.25, 0.3) is 0 Å². The van der Waals surface area contributed by atoms with Crippen molar-refractivity contribution in [2.45, 2.75) is 39.5 Å². The van der Waals surface area contributed by atoms with E-state index in [1.54, 1.807) is 12.1 Å². The molecular formula is C15H22FN3O2. The Morgan fingerprint density at radius 3 is 2.86 bits per heavy atom. The van der Waals surface area contributed by atoms with Gasteiger partial charge in [-0.05, 0) is 38.5 Å². The zero-order valence-electron chi connectivity index (χ0n) is 12.6. The van der Waals surface area contributed by atoms with E-state index in [9.17, 15) is 9.18 Å². The van der Waals surface area contributed by atoms with Crippen LogP contribution < -0.4 is 20.9 Å². The quantitative estimate of drug-likeness (QED) is 0.767. The number of amides is 1. The summed E-state index contributed by atoms with van der Waals surface area (Å²) in [5, 5.41) is 2.83. The Balaban J connectivity index is 1.91. The molecule has 2 rings (SSSR count). The molecule has 0 saturated carbocycles. The average molecular weight is 295 g/mol. The summed E-state index contributed by atoms with van der Waals surface area (Å²) >= 11 is 0. The third kappa shape index (κ3) is 4.15. The van der Waals surface area contributed by atoms with Gasteiger partial charge in [-0.2, -0.15) is 0 Å². The van der Waals surface area contributed by atoms with Crippen LogP contribution in [0.5, 0.6) is 5.75 Å². The van der Waals surface area contributed by atoms with Gasteiger partial charge in [-0.25, -0.2) is 4.39 Å². The summed E-state index contributed by atoms with van der Waals surface area (Å²) in [6, 6.07) is 4.84. The molecule has 1 aliphatic rings. The first kappa shape index (κ1) is 15.7. The van der Waals surface area contributed by atoms with Crippen molar-refractivity contribution >= 4 is 5.91 Å². The van der Waals surface area contributed by atoms with Crippen LogP contribution >= 0.6 is 0 Å². The lowest BCUT2D eigenvalue weighted by Gasteiger charge is -2.14. The third-order valence-corrected chi connectivity index (χ3v) is 3.42. The Morgan fingerprint density at radius 2 is 2.29 bits per heavy atom. The molecule has 0 aliphatic carbocycles. The molecule has 1 amide bonds. The normalized spacial score (nSPS) is 21.6. The van der Waals surface area contributed by atoms with E-state index in [1.165, 1.54) is 6.07 Å². The maximum Gasteiger partial charge on any atom is 0.226 e. The standard InChI is InChI=1S/C15H22FN3O2/c1-9(2)21-14-5-4-11(6-13(14)16)7-17-15(20)12-8-18-19-10(12)3/h4-6,9-10,12,18-19H,7-8H2,1-3H3,(H,17,20). The van der Waals surface area contributed by atoms with Crippen LogP contribution in [0.3, 0.4) is 0 Å². The largest absolute Gasteiger partial charge is 0.488 e. The molecule has 2 unspecified atom stereocenters. The molecule has 3 N–H and O–H groups in total. The van der Waals surface area contributed by atoms with Crippen LogP contribution in [-0.4, -0.2) is 24.6 Å². The fourth-order valence-electron chi connectivity index (χ4n) is 2.25. The van der Waals surface area contributed by atoms with E-state index in [4.69, 9.17) is 4.74 Å². The van der Waals surface area contributed by atoms with Crippen LogP contribution in [-0.2, 0) is 11.3 Å². The molecule has 0 aromatic heterocycles. The molecular weight excluding hydrogens is 273 g/mol. The van der Waals surface area contributed by atoms with Gasteiger partial charge >= 0.3 is 0 Å². The van der Waals surface area contributed by atoms with Crippen LogP contribution in [0.15, 0.2) is 18.2 Å². The van der Waals surface area contributed by atoms with E-state index in [0.717, 1.165) is 0 Å². The highest BCUT2D eigenvalue weighted by Gasteiger charge is 2.29. The Bertz CT molecular complexity index is 508. The highest BCUT2D eigenvalue weighted by molar-refractivity contribution is 5.79. The van der Waals surface area contributed by atoms with E-state index < -0.39 is 5.82 Å². The van der Waals surface area contributed by atoms with Crippen LogP contribution in [0.1, 0.15) is 26.3 Å². The summed E-state index contributed by atoms with van der Waals surface area (Å²) in [5.41, 5.74) is 6.66. The molecule has 5 nitrogen and oxygen atoms in total. The number of nitrogens with one attached hydrogen (secondary N) is 3. The first-order chi connectivity index (χ1) is 9.97. The van der Waals surface area contributed by atoms with E-state index in [2.05, 4.69) is 16.2 Å². The highest BCUT2D eigenvalue weighted by Crippen LogP contribution is 2.19. The monoisotopic (exact) mass is 295 g/mol. The van der Waals surface area contributed by atoms with Crippen molar-refractivity contribution in [2.75, 3.05) is 6.54 Å². The van der Waals surface area contributed by atoms with E-state index in [-0.39, 0.29) is 29.7 Å². The number of benzene rings is 1. The Morgan fingerprint density at radius 1 is 1.52 bits per heavy atom. The Hall–Kier alpha value is -1.66. The van der Waals surface area contributed by atoms with Crippen molar-refractivity contribution in [1.82, 2.24) is 16.2 Å². The molecule has 0 radical (unpaired) electrons. The highest BCUT2D eigenvalue weighted by atomic mass is 19.1. The maximum atomic E-state index is 13.8. The molecule has 2 atom stereocenters. The number of hydrazine groups is 1. The van der Waals surface area contributed by atoms with Gasteiger partial charge in [0.05, 0.1) is 12.0 Å². The maximum absolute atomic E-state index is 13.8. The molecule has 0 spiro atoms. The molecule has 1 fully saturated rings. The molecule has 116 valence electrons. The number of halogens is 1. The van der Waals surface area contributed by atoms with Gasteiger partial charge in [0, 0.05) is 19.1 Å². The summed E-state index contributed by atoms with van der Waals surface area (Å²) in [4.78, 5) is 12.0. The second-order valence-electron chi connectivity index (χ2n) is 5.57. The molecule has 1 saturated heterocycles. The van der Waals surface area contributed by atoms with Gasteiger partial charge < -0.3 is 10.1 Å². The van der Waals surface area contributed by atoms with Crippen LogP contribution in [0, 0.1) is 11.7 Å². The first-order valence-corrected chi connectivity index (χ1v) is 7.18. The Labute approximate surface area is 124 Å². The zero-order chi connectivity index (χ0) is 15.4. The van der Waals surface area contributed by atoms with Crippen molar-refractivity contribution in [1.29, 1.82) is 0 Å². The Kier molecular flexibility index (Phi) is 5.14. The van der Waals surface area contributed by atoms with Crippen molar-refractivity contribution in [3.05, 3.63) is 29.6 Å². The molecule has 6 heteroatoms. The fraction of sp³-hybridized carbons (Fsp3) is 0.533. The molecule has 21 heavy (non-hydrogen) atoms. The van der Waals surface area contributed by atoms with E-state index in [0.29, 0.717) is 18.7 Å². The molecule has 1 aromatic rings. The molecule has 1 aromatic carbocycles. The number of carbonyl (C=O) groups excluding carboxylic acids is 1. The van der Waals surface area contributed by atoms with Gasteiger partial charge in [0.15, 0.2) is 11.6 Å². The number of hydrogen-bond acceptors (Lipinski definition) is 4. The van der Waals surface area contributed by atoms with E-state index in [1.807, 2.05) is 20.8 Å². The predicted octanol–water partition coefficient (Wildman–Crippen LogP) is 1.34.